The highest BCUT2D eigenvalue weighted by Gasteiger charge is 2.12. The lowest BCUT2D eigenvalue weighted by molar-refractivity contribution is 0.560. The van der Waals surface area contributed by atoms with E-state index in [4.69, 9.17) is 4.43 Å². The fraction of sp³-hybridized carbons (Fsp3) is 0.375. The summed E-state index contributed by atoms with van der Waals surface area (Å²) >= 11 is 0. The normalized spacial score (nSPS) is 11.5. The molecule has 0 radical (unpaired) electrons. The molecular formula is C8H13OSi-. The van der Waals surface area contributed by atoms with Gasteiger partial charge in [0.25, 0.3) is 0 Å². The molecule has 0 aliphatic heterocycles. The lowest BCUT2D eigenvalue weighted by Crippen LogP contribution is -2.28. The van der Waals surface area contributed by atoms with Crippen LogP contribution < -0.4 is 4.43 Å². The van der Waals surface area contributed by atoms with E-state index in [1.54, 1.807) is 0 Å². The van der Waals surface area contributed by atoms with E-state index in [1.807, 2.05) is 24.3 Å². The van der Waals surface area contributed by atoms with Crippen molar-refractivity contribution >= 4 is 8.32 Å². The smallest absolute Gasteiger partial charge is 0.224 e. The zero-order valence-corrected chi connectivity index (χ0v) is 7.72. The molecule has 0 saturated heterocycles. The molecule has 0 fully saturated rings. The zero-order valence-electron chi connectivity index (χ0n) is 6.72. The first kappa shape index (κ1) is 7.47. The molecule has 1 aromatic rings. The Hall–Kier alpha value is -0.633. The van der Waals surface area contributed by atoms with Gasteiger partial charge < -0.3 is 4.43 Å². The molecule has 0 spiro atoms. The zero-order chi connectivity index (χ0) is 7.61. The number of hydrogen-bond donors (Lipinski definition) is 0. The third-order valence-corrected chi connectivity index (χ3v) is 1.90. The Morgan fingerprint density at radius 2 is 2.10 bits per heavy atom. The summed E-state index contributed by atoms with van der Waals surface area (Å²) in [6.45, 7) is 6.54. The molecule has 0 heterocycles. The number of rotatable bonds is 2. The van der Waals surface area contributed by atoms with E-state index in [0.29, 0.717) is 0 Å². The molecule has 1 aromatic carbocycles. The topological polar surface area (TPSA) is 9.23 Å². The summed E-state index contributed by atoms with van der Waals surface area (Å²) in [6, 6.07) is 7.99. The number of hydrogen-bond acceptors (Lipinski definition) is 1. The molecule has 0 bridgehead atoms. The average molecular weight is 153 g/mol. The molecule has 0 atom stereocenters. The Morgan fingerprint density at radius 1 is 1.40 bits per heavy atom. The van der Waals surface area contributed by atoms with E-state index in [-0.39, 0.29) is 0 Å². The van der Waals surface area contributed by atoms with Crippen LogP contribution >= 0.6 is 0 Å². The molecular weight excluding hydrogens is 140 g/mol. The predicted molar refractivity (Wildman–Crippen MR) is 46.0 cm³/mol. The Morgan fingerprint density at radius 3 is 2.50 bits per heavy atom. The molecule has 0 unspecified atom stereocenters. The van der Waals surface area contributed by atoms with Crippen LogP contribution in [0.1, 0.15) is 0 Å². The summed E-state index contributed by atoms with van der Waals surface area (Å²) < 4.78 is 5.68. The van der Waals surface area contributed by atoms with Gasteiger partial charge in [0, 0.05) is 0 Å². The van der Waals surface area contributed by atoms with Gasteiger partial charge in [-0.25, -0.2) is 0 Å². The first-order valence-corrected chi connectivity index (χ1v) is 6.89. The summed E-state index contributed by atoms with van der Waals surface area (Å²) in [7, 11) is -1.36. The minimum absolute atomic E-state index is 1.01. The molecule has 0 amide bonds. The molecule has 1 nitrogen and oxygen atoms in total. The first-order valence-electron chi connectivity index (χ1n) is 3.49. The summed E-state index contributed by atoms with van der Waals surface area (Å²) in [5.74, 6) is 1.01. The van der Waals surface area contributed by atoms with Crippen molar-refractivity contribution in [3.05, 3.63) is 24.3 Å². The van der Waals surface area contributed by atoms with Gasteiger partial charge in [-0.1, -0.05) is 5.75 Å². The van der Waals surface area contributed by atoms with Crippen molar-refractivity contribution in [2.75, 3.05) is 0 Å². The molecule has 1 rings (SSSR count). The van der Waals surface area contributed by atoms with Gasteiger partial charge in [-0.05, 0) is 19.6 Å². The van der Waals surface area contributed by atoms with E-state index in [9.17, 15) is 0 Å². The van der Waals surface area contributed by atoms with Crippen LogP contribution in [0.3, 0.4) is 0 Å². The second kappa shape index (κ2) is 2.54. The van der Waals surface area contributed by atoms with Crippen molar-refractivity contribution in [1.82, 2.24) is 0 Å². The van der Waals surface area contributed by atoms with Crippen LogP contribution in [0, 0.1) is 0 Å². The quantitative estimate of drug-likeness (QED) is 0.469. The summed E-state index contributed by atoms with van der Waals surface area (Å²) in [4.78, 5) is 0. The van der Waals surface area contributed by atoms with Crippen molar-refractivity contribution in [1.29, 1.82) is 0 Å². The van der Waals surface area contributed by atoms with Crippen LogP contribution in [0.5, 0.6) is 5.75 Å². The van der Waals surface area contributed by atoms with Gasteiger partial charge in [-0.15, -0.1) is 6.07 Å². The third kappa shape index (κ3) is 2.31. The maximum absolute atomic E-state index is 5.68. The van der Waals surface area contributed by atoms with Gasteiger partial charge in [-0.2, -0.15) is 18.2 Å². The minimum atomic E-state index is -1.36. The third-order valence-electron chi connectivity index (χ3n) is 1.06. The molecule has 0 aliphatic carbocycles. The molecule has 10 heavy (non-hydrogen) atoms. The Labute approximate surface area is 63.1 Å². The predicted octanol–water partition coefficient (Wildman–Crippen LogP) is 2.62. The van der Waals surface area contributed by atoms with E-state index in [2.05, 4.69) is 19.6 Å². The Kier molecular flexibility index (Phi) is 1.90. The van der Waals surface area contributed by atoms with Crippen molar-refractivity contribution in [3.8, 4) is 5.75 Å². The molecule has 0 aromatic heterocycles. The monoisotopic (exact) mass is 153 g/mol. The largest absolute Gasteiger partial charge is 0.612 e. The van der Waals surface area contributed by atoms with Crippen molar-refractivity contribution < 1.29 is 4.43 Å². The van der Waals surface area contributed by atoms with Gasteiger partial charge in [0.2, 0.25) is 8.32 Å². The first-order chi connectivity index (χ1) is 4.58. The van der Waals surface area contributed by atoms with Crippen LogP contribution in [-0.4, -0.2) is 8.32 Å². The lowest BCUT2D eigenvalue weighted by Gasteiger charge is -2.23. The van der Waals surface area contributed by atoms with Crippen molar-refractivity contribution in [2.45, 2.75) is 19.6 Å². The molecule has 2 heteroatoms. The molecule has 0 aliphatic rings. The molecule has 0 N–H and O–H groups in total. The second-order valence-corrected chi connectivity index (χ2v) is 7.76. The Bertz CT molecular complexity index is 184. The average Bonchev–Trinajstić information content (AvgIpc) is 2.12. The SMILES string of the molecule is C[Si](C)(C)Oc1cc[cH-]c1. The summed E-state index contributed by atoms with van der Waals surface area (Å²) in [5.41, 5.74) is 0. The van der Waals surface area contributed by atoms with Crippen LogP contribution in [-0.2, 0) is 0 Å². The van der Waals surface area contributed by atoms with Gasteiger partial charge in [0.05, 0.1) is 0 Å². The second-order valence-electron chi connectivity index (χ2n) is 3.34. The van der Waals surface area contributed by atoms with Gasteiger partial charge in [0.1, 0.15) is 0 Å². The highest BCUT2D eigenvalue weighted by atomic mass is 28.4. The van der Waals surface area contributed by atoms with E-state index in [0.717, 1.165) is 5.75 Å². The Balaban J connectivity index is 2.57. The minimum Gasteiger partial charge on any atom is -0.612 e. The van der Waals surface area contributed by atoms with Crippen molar-refractivity contribution in [3.63, 3.8) is 0 Å². The fourth-order valence-corrected chi connectivity index (χ4v) is 1.62. The summed E-state index contributed by atoms with van der Waals surface area (Å²) in [6.07, 6.45) is 0. The van der Waals surface area contributed by atoms with Crippen LogP contribution in [0.4, 0.5) is 0 Å². The standard InChI is InChI=1S/C8H13OSi/c1-10(2,3)9-8-6-4-5-7-8/h4-7H,1-3H3/q-1. The van der Waals surface area contributed by atoms with Crippen molar-refractivity contribution in [2.24, 2.45) is 0 Å². The van der Waals surface area contributed by atoms with E-state index in [1.165, 1.54) is 0 Å². The molecule has 0 saturated carbocycles. The molecule has 56 valence electrons. The fourth-order valence-electron chi connectivity index (χ4n) is 0.778. The van der Waals surface area contributed by atoms with Gasteiger partial charge in [0.15, 0.2) is 0 Å². The highest BCUT2D eigenvalue weighted by molar-refractivity contribution is 6.70. The van der Waals surface area contributed by atoms with Crippen LogP contribution in [0.2, 0.25) is 19.6 Å². The maximum atomic E-state index is 5.68. The lowest BCUT2D eigenvalue weighted by atomic mass is 10.6. The van der Waals surface area contributed by atoms with Crippen LogP contribution in [0.25, 0.3) is 0 Å². The van der Waals surface area contributed by atoms with Crippen LogP contribution in [0.15, 0.2) is 24.3 Å². The van der Waals surface area contributed by atoms with Gasteiger partial charge in [-0.3, -0.25) is 0 Å². The summed E-state index contributed by atoms with van der Waals surface area (Å²) in [5, 5.41) is 0. The van der Waals surface area contributed by atoms with E-state index < -0.39 is 8.32 Å². The van der Waals surface area contributed by atoms with Gasteiger partial charge >= 0.3 is 0 Å². The maximum Gasteiger partial charge on any atom is 0.224 e. The van der Waals surface area contributed by atoms with E-state index >= 15 is 0 Å². The highest BCUT2D eigenvalue weighted by Crippen LogP contribution is 2.15.